The van der Waals surface area contributed by atoms with Crippen molar-refractivity contribution in [3.05, 3.63) is 0 Å². The van der Waals surface area contributed by atoms with E-state index in [9.17, 15) is 23.1 Å². The van der Waals surface area contributed by atoms with Crippen molar-refractivity contribution in [1.82, 2.24) is 10.2 Å². The van der Waals surface area contributed by atoms with Gasteiger partial charge in [-0.3, -0.25) is 0 Å². The van der Waals surface area contributed by atoms with Crippen molar-refractivity contribution in [3.63, 3.8) is 0 Å². The lowest BCUT2D eigenvalue weighted by molar-refractivity contribution is -0.216. The van der Waals surface area contributed by atoms with E-state index in [4.69, 9.17) is 4.74 Å². The topological polar surface area (TPSA) is 61.8 Å². The highest BCUT2D eigenvalue weighted by Gasteiger charge is 2.48. The van der Waals surface area contributed by atoms with Gasteiger partial charge in [-0.25, -0.2) is 4.79 Å². The van der Waals surface area contributed by atoms with Crippen LogP contribution in [-0.2, 0) is 4.74 Å². The molecule has 1 aliphatic heterocycles. The van der Waals surface area contributed by atoms with Crippen molar-refractivity contribution in [2.75, 3.05) is 26.8 Å². The Kier molecular flexibility index (Phi) is 5.21. The Labute approximate surface area is 103 Å². The van der Waals surface area contributed by atoms with Gasteiger partial charge in [-0.05, 0) is 12.8 Å². The molecule has 0 aromatic carbocycles. The molecule has 18 heavy (non-hydrogen) atoms. The number of hydrogen-bond acceptors (Lipinski definition) is 3. The summed E-state index contributed by atoms with van der Waals surface area (Å²) in [7, 11) is 1.46. The van der Waals surface area contributed by atoms with Crippen molar-refractivity contribution >= 4 is 6.03 Å². The summed E-state index contributed by atoms with van der Waals surface area (Å²) in [5.41, 5.74) is 0. The third-order valence-electron chi connectivity index (χ3n) is 2.84. The molecule has 8 heteroatoms. The van der Waals surface area contributed by atoms with E-state index < -0.39 is 24.4 Å². The minimum atomic E-state index is -4.71. The lowest BCUT2D eigenvalue weighted by atomic mass is 10.1. The summed E-state index contributed by atoms with van der Waals surface area (Å²) in [6.45, 7) is 0.726. The van der Waals surface area contributed by atoms with Crippen molar-refractivity contribution in [2.24, 2.45) is 0 Å². The predicted octanol–water partition coefficient (Wildman–Crippen LogP) is 0.730. The largest absolute Gasteiger partial charge is 0.416 e. The first-order valence-electron chi connectivity index (χ1n) is 5.66. The molecule has 0 aromatic heterocycles. The summed E-state index contributed by atoms with van der Waals surface area (Å²) < 4.78 is 42.0. The monoisotopic (exact) mass is 270 g/mol. The Morgan fingerprint density at radius 3 is 2.83 bits per heavy atom. The number of ether oxygens (including phenoxy) is 1. The minimum absolute atomic E-state index is 0.151. The van der Waals surface area contributed by atoms with Crippen molar-refractivity contribution in [3.8, 4) is 0 Å². The van der Waals surface area contributed by atoms with Crippen molar-refractivity contribution in [1.29, 1.82) is 0 Å². The van der Waals surface area contributed by atoms with Crippen LogP contribution in [0.5, 0.6) is 0 Å². The Hall–Kier alpha value is -1.02. The van der Waals surface area contributed by atoms with Crippen molar-refractivity contribution < 1.29 is 27.8 Å². The molecule has 2 amide bonds. The number of alkyl halides is 3. The minimum Gasteiger partial charge on any atom is -0.383 e. The van der Waals surface area contributed by atoms with E-state index in [0.717, 1.165) is 4.90 Å². The van der Waals surface area contributed by atoms with Crippen LogP contribution in [0.4, 0.5) is 18.0 Å². The molecule has 2 atom stereocenters. The maximum absolute atomic E-state index is 12.4. The second kappa shape index (κ2) is 6.24. The number of aliphatic hydroxyl groups is 1. The molecule has 1 aliphatic rings. The highest BCUT2D eigenvalue weighted by Crippen LogP contribution is 2.30. The maximum Gasteiger partial charge on any atom is 0.416 e. The maximum atomic E-state index is 12.4. The van der Waals surface area contributed by atoms with Gasteiger partial charge in [0.1, 0.15) is 0 Å². The number of nitrogens with one attached hydrogen (secondary N) is 1. The smallest absolute Gasteiger partial charge is 0.383 e. The SMILES string of the molecule is COCCNC(=O)N1CCC[C@@H]1[C@H](O)C(F)(F)F. The number of hydrogen-bond donors (Lipinski definition) is 2. The molecule has 1 saturated heterocycles. The fourth-order valence-electron chi connectivity index (χ4n) is 1.95. The number of carbonyl (C=O) groups is 1. The van der Waals surface area contributed by atoms with Crippen LogP contribution < -0.4 is 5.32 Å². The van der Waals surface area contributed by atoms with Crippen LogP contribution in [0.3, 0.4) is 0 Å². The van der Waals surface area contributed by atoms with E-state index in [1.165, 1.54) is 7.11 Å². The molecular formula is C10H17F3N2O3. The summed E-state index contributed by atoms with van der Waals surface area (Å²) in [6.07, 6.45) is -6.60. The zero-order chi connectivity index (χ0) is 13.8. The molecule has 106 valence electrons. The van der Waals surface area contributed by atoms with Crippen LogP contribution >= 0.6 is 0 Å². The number of aliphatic hydroxyl groups excluding tert-OH is 1. The van der Waals surface area contributed by atoms with Gasteiger partial charge in [0.05, 0.1) is 12.6 Å². The number of methoxy groups -OCH3 is 1. The lowest BCUT2D eigenvalue weighted by Crippen LogP contribution is -2.52. The highest BCUT2D eigenvalue weighted by molar-refractivity contribution is 5.74. The van der Waals surface area contributed by atoms with Gasteiger partial charge in [-0.2, -0.15) is 13.2 Å². The van der Waals surface area contributed by atoms with Gasteiger partial charge in [0.15, 0.2) is 6.10 Å². The average Bonchev–Trinajstić information content (AvgIpc) is 2.75. The summed E-state index contributed by atoms with van der Waals surface area (Å²) in [6, 6.07) is -1.80. The summed E-state index contributed by atoms with van der Waals surface area (Å²) in [5, 5.41) is 11.7. The third kappa shape index (κ3) is 3.74. The number of carbonyl (C=O) groups excluding carboxylic acids is 1. The Balaban J connectivity index is 2.56. The first-order valence-corrected chi connectivity index (χ1v) is 5.66. The van der Waals surface area contributed by atoms with E-state index in [1.54, 1.807) is 0 Å². The average molecular weight is 270 g/mol. The quantitative estimate of drug-likeness (QED) is 0.740. The number of halogens is 3. The Morgan fingerprint density at radius 2 is 2.28 bits per heavy atom. The van der Waals surface area contributed by atoms with Gasteiger partial charge in [-0.15, -0.1) is 0 Å². The molecule has 5 nitrogen and oxygen atoms in total. The number of amides is 2. The van der Waals surface area contributed by atoms with Gasteiger partial charge < -0.3 is 20.1 Å². The van der Waals surface area contributed by atoms with E-state index in [0.29, 0.717) is 6.42 Å². The Morgan fingerprint density at radius 1 is 1.61 bits per heavy atom. The second-order valence-corrected chi connectivity index (χ2v) is 4.11. The summed E-state index contributed by atoms with van der Waals surface area (Å²) in [4.78, 5) is 12.7. The molecule has 0 aliphatic carbocycles. The second-order valence-electron chi connectivity index (χ2n) is 4.11. The zero-order valence-corrected chi connectivity index (χ0v) is 10.0. The van der Waals surface area contributed by atoms with Crippen LogP contribution in [0.2, 0.25) is 0 Å². The van der Waals surface area contributed by atoms with Crippen LogP contribution in [0.1, 0.15) is 12.8 Å². The van der Waals surface area contributed by atoms with Crippen molar-refractivity contribution in [2.45, 2.75) is 31.2 Å². The van der Waals surface area contributed by atoms with Gasteiger partial charge in [0.25, 0.3) is 0 Å². The number of nitrogens with zero attached hydrogens (tertiary/aromatic N) is 1. The van der Waals surface area contributed by atoms with Gasteiger partial charge >= 0.3 is 12.2 Å². The molecule has 1 heterocycles. The van der Waals surface area contributed by atoms with Crippen LogP contribution in [0, 0.1) is 0 Å². The first kappa shape index (κ1) is 15.0. The molecular weight excluding hydrogens is 253 g/mol. The molecule has 1 fully saturated rings. The fraction of sp³-hybridized carbons (Fsp3) is 0.900. The summed E-state index contributed by atoms with van der Waals surface area (Å²) >= 11 is 0. The Bertz CT molecular complexity index is 286. The van der Waals surface area contributed by atoms with Crippen LogP contribution in [0.25, 0.3) is 0 Å². The molecule has 0 radical (unpaired) electrons. The van der Waals surface area contributed by atoms with Crippen LogP contribution in [-0.4, -0.2) is 61.2 Å². The fourth-order valence-corrected chi connectivity index (χ4v) is 1.95. The van der Waals surface area contributed by atoms with Crippen LogP contribution in [0.15, 0.2) is 0 Å². The molecule has 1 rings (SSSR count). The van der Waals surface area contributed by atoms with E-state index >= 15 is 0 Å². The van der Waals surface area contributed by atoms with E-state index in [2.05, 4.69) is 5.32 Å². The highest BCUT2D eigenvalue weighted by atomic mass is 19.4. The third-order valence-corrected chi connectivity index (χ3v) is 2.84. The predicted molar refractivity (Wildman–Crippen MR) is 57.1 cm³/mol. The van der Waals surface area contributed by atoms with Gasteiger partial charge in [0.2, 0.25) is 0 Å². The van der Waals surface area contributed by atoms with E-state index in [1.807, 2.05) is 0 Å². The normalized spacial score (nSPS) is 22.1. The molecule has 0 spiro atoms. The standard InChI is InChI=1S/C10H17F3N2O3/c1-18-6-4-14-9(17)15-5-2-3-7(15)8(16)10(11,12)13/h7-8,16H,2-6H2,1H3,(H,14,17)/t7-,8+/m1/s1. The van der Waals surface area contributed by atoms with Gasteiger partial charge in [0, 0.05) is 20.2 Å². The lowest BCUT2D eigenvalue weighted by Gasteiger charge is -2.29. The molecule has 0 saturated carbocycles. The number of urea groups is 1. The molecule has 2 N–H and O–H groups in total. The van der Waals surface area contributed by atoms with E-state index in [-0.39, 0.29) is 26.1 Å². The first-order chi connectivity index (χ1) is 8.38. The number of likely N-dealkylation sites (tertiary alicyclic amines) is 1. The molecule has 0 bridgehead atoms. The zero-order valence-electron chi connectivity index (χ0n) is 10.0. The molecule has 0 unspecified atom stereocenters. The van der Waals surface area contributed by atoms with Gasteiger partial charge in [-0.1, -0.05) is 0 Å². The number of rotatable bonds is 4. The molecule has 0 aromatic rings. The summed E-state index contributed by atoms with van der Waals surface area (Å²) in [5.74, 6) is 0.